The van der Waals surface area contributed by atoms with Gasteiger partial charge in [0, 0.05) is 43.1 Å². The lowest BCUT2D eigenvalue weighted by Gasteiger charge is -2.45. The second-order valence-electron chi connectivity index (χ2n) is 11.9. The minimum atomic E-state index is -4.56. The van der Waals surface area contributed by atoms with Gasteiger partial charge < -0.3 is 20.2 Å². The number of rotatable bonds is 10. The smallest absolute Gasteiger partial charge is 0.408 e. The summed E-state index contributed by atoms with van der Waals surface area (Å²) in [6.45, 7) is 7.46. The van der Waals surface area contributed by atoms with Gasteiger partial charge in [0.15, 0.2) is 5.78 Å². The fraction of sp³-hybridized carbons (Fsp3) is 0.562. The lowest BCUT2D eigenvalue weighted by Crippen LogP contribution is -2.55. The topological polar surface area (TPSA) is 72.9 Å². The fourth-order valence-electron chi connectivity index (χ4n) is 6.53. The van der Waals surface area contributed by atoms with Gasteiger partial charge in [-0.1, -0.05) is 38.1 Å². The van der Waals surface area contributed by atoms with Crippen LogP contribution in [0, 0.1) is 24.6 Å². The van der Waals surface area contributed by atoms with Gasteiger partial charge in [-0.15, -0.1) is 0 Å². The molecule has 42 heavy (non-hydrogen) atoms. The van der Waals surface area contributed by atoms with Gasteiger partial charge in [-0.3, -0.25) is 9.59 Å². The average molecular weight is 592 g/mol. The van der Waals surface area contributed by atoms with E-state index in [1.807, 2.05) is 4.90 Å². The van der Waals surface area contributed by atoms with Gasteiger partial charge in [0.25, 0.3) is 0 Å². The van der Waals surface area contributed by atoms with Crippen molar-refractivity contribution >= 4 is 11.7 Å². The highest BCUT2D eigenvalue weighted by atomic mass is 19.4. The van der Waals surface area contributed by atoms with Crippen molar-refractivity contribution < 1.29 is 32.3 Å². The first kappa shape index (κ1) is 31.9. The highest BCUT2D eigenvalue weighted by Gasteiger charge is 2.52. The van der Waals surface area contributed by atoms with E-state index in [0.717, 1.165) is 24.3 Å². The van der Waals surface area contributed by atoms with Crippen molar-refractivity contribution in [2.75, 3.05) is 32.7 Å². The zero-order valence-corrected chi connectivity index (χ0v) is 24.5. The van der Waals surface area contributed by atoms with Crippen LogP contribution < -0.4 is 5.32 Å². The molecule has 0 unspecified atom stereocenters. The second-order valence-corrected chi connectivity index (χ2v) is 11.9. The highest BCUT2D eigenvalue weighted by molar-refractivity contribution is 5.99. The van der Waals surface area contributed by atoms with E-state index >= 15 is 0 Å². The Balaban J connectivity index is 1.75. The third-order valence-electron chi connectivity index (χ3n) is 8.60. The summed E-state index contributed by atoms with van der Waals surface area (Å²) in [5, 5.41) is 13.4. The van der Waals surface area contributed by atoms with Gasteiger partial charge in [0.1, 0.15) is 17.6 Å². The molecule has 2 heterocycles. The van der Waals surface area contributed by atoms with Gasteiger partial charge >= 0.3 is 6.18 Å². The molecule has 4 atom stereocenters. The summed E-state index contributed by atoms with van der Waals surface area (Å²) < 4.78 is 56.8. The Labute approximate surface area is 245 Å². The SMILES string of the molecule is Cc1c(F)cccc1[C@@H]1[C@@H](C(=O)c2cccc(O)c2)CN(CCCCNC(C)C)C[C@H]1C(=O)N1CCC[C@H]1C(F)(F)F. The maximum atomic E-state index is 14.9. The second kappa shape index (κ2) is 13.5. The molecule has 0 spiro atoms. The number of carbonyl (C=O) groups excluding carboxylic acids is 2. The summed E-state index contributed by atoms with van der Waals surface area (Å²) in [7, 11) is 0. The molecular weight excluding hydrogens is 550 g/mol. The molecule has 1 amide bonds. The van der Waals surface area contributed by atoms with Crippen LogP contribution in [0.2, 0.25) is 0 Å². The zero-order chi connectivity index (χ0) is 30.6. The number of halogens is 4. The molecule has 2 aliphatic heterocycles. The van der Waals surface area contributed by atoms with Crippen LogP contribution in [0.1, 0.15) is 66.9 Å². The number of alkyl halides is 3. The number of likely N-dealkylation sites (tertiary alicyclic amines) is 2. The monoisotopic (exact) mass is 591 g/mol. The summed E-state index contributed by atoms with van der Waals surface area (Å²) in [4.78, 5) is 31.2. The van der Waals surface area contributed by atoms with Gasteiger partial charge in [-0.2, -0.15) is 13.2 Å². The summed E-state index contributed by atoms with van der Waals surface area (Å²) in [5.41, 5.74) is 0.967. The van der Waals surface area contributed by atoms with E-state index in [1.54, 1.807) is 25.1 Å². The number of unbranched alkanes of at least 4 members (excludes halogenated alkanes) is 1. The maximum Gasteiger partial charge on any atom is 0.408 e. The van der Waals surface area contributed by atoms with Crippen molar-refractivity contribution in [1.82, 2.24) is 15.1 Å². The molecule has 2 fully saturated rings. The molecule has 10 heteroatoms. The van der Waals surface area contributed by atoms with Crippen molar-refractivity contribution in [3.8, 4) is 5.75 Å². The lowest BCUT2D eigenvalue weighted by molar-refractivity contribution is -0.185. The van der Waals surface area contributed by atoms with Crippen LogP contribution >= 0.6 is 0 Å². The summed E-state index contributed by atoms with van der Waals surface area (Å²) in [6, 6.07) is 8.86. The van der Waals surface area contributed by atoms with Crippen molar-refractivity contribution in [2.24, 2.45) is 11.8 Å². The number of Topliss-reactive ketones (excluding diaryl/α,β-unsaturated/α-hetero) is 1. The van der Waals surface area contributed by atoms with E-state index < -0.39 is 41.7 Å². The van der Waals surface area contributed by atoms with Gasteiger partial charge in [0.2, 0.25) is 5.91 Å². The Morgan fingerprint density at radius 2 is 1.79 bits per heavy atom. The number of piperidine rings is 1. The van der Waals surface area contributed by atoms with Crippen LogP contribution in [0.5, 0.6) is 5.75 Å². The molecule has 2 aromatic carbocycles. The molecule has 0 bridgehead atoms. The number of phenolic OH excluding ortho intramolecular Hbond substituents is 1. The number of nitrogens with zero attached hydrogens (tertiary/aromatic N) is 2. The largest absolute Gasteiger partial charge is 0.508 e. The fourth-order valence-corrected chi connectivity index (χ4v) is 6.53. The summed E-state index contributed by atoms with van der Waals surface area (Å²) in [6.07, 6.45) is -2.86. The standard InChI is InChI=1S/C32H41F4N3O3/c1-20(2)37-14-4-5-15-38-18-25(30(41)22-9-6-10-23(40)17-22)29(24-11-7-12-27(33)21(24)3)26(19-38)31(42)39-16-8-13-28(39)32(34,35)36/h6-7,9-12,17,20,25-26,28-29,37,40H,4-5,8,13-16,18-19H2,1-3H3/t25-,26+,28-,29+/m0/s1. The number of amides is 1. The van der Waals surface area contributed by atoms with Crippen LogP contribution in [-0.4, -0.2) is 77.6 Å². The predicted octanol–water partition coefficient (Wildman–Crippen LogP) is 5.69. The lowest BCUT2D eigenvalue weighted by atomic mass is 9.69. The third-order valence-corrected chi connectivity index (χ3v) is 8.60. The van der Waals surface area contributed by atoms with E-state index in [0.29, 0.717) is 18.2 Å². The van der Waals surface area contributed by atoms with Crippen LogP contribution in [0.3, 0.4) is 0 Å². The van der Waals surface area contributed by atoms with Gasteiger partial charge in [-0.05, 0) is 75.0 Å². The normalized spacial score (nSPS) is 23.5. The van der Waals surface area contributed by atoms with E-state index in [2.05, 4.69) is 19.2 Å². The van der Waals surface area contributed by atoms with Crippen molar-refractivity contribution in [1.29, 1.82) is 0 Å². The van der Waals surface area contributed by atoms with E-state index in [9.17, 15) is 32.3 Å². The van der Waals surface area contributed by atoms with Crippen LogP contribution in [-0.2, 0) is 4.79 Å². The molecule has 0 saturated carbocycles. The molecule has 6 nitrogen and oxygen atoms in total. The Bertz CT molecular complexity index is 1250. The number of nitrogens with one attached hydrogen (secondary N) is 1. The van der Waals surface area contributed by atoms with E-state index in [1.165, 1.54) is 24.3 Å². The number of ketones is 1. The highest BCUT2D eigenvalue weighted by Crippen LogP contribution is 2.44. The number of phenols is 1. The van der Waals surface area contributed by atoms with Gasteiger partial charge in [0.05, 0.1) is 5.92 Å². The molecule has 4 rings (SSSR count). The first-order chi connectivity index (χ1) is 19.9. The summed E-state index contributed by atoms with van der Waals surface area (Å²) >= 11 is 0. The number of benzene rings is 2. The summed E-state index contributed by atoms with van der Waals surface area (Å²) in [5.74, 6) is -4.24. The van der Waals surface area contributed by atoms with Crippen LogP contribution in [0.25, 0.3) is 0 Å². The molecule has 0 aromatic heterocycles. The first-order valence-corrected chi connectivity index (χ1v) is 14.8. The Kier molecular flexibility index (Phi) is 10.3. The van der Waals surface area contributed by atoms with Crippen molar-refractivity contribution in [2.45, 2.75) is 70.6 Å². The van der Waals surface area contributed by atoms with Crippen molar-refractivity contribution in [3.63, 3.8) is 0 Å². The molecule has 2 aliphatic rings. The maximum absolute atomic E-state index is 14.9. The first-order valence-electron chi connectivity index (χ1n) is 14.8. The number of hydrogen-bond acceptors (Lipinski definition) is 5. The van der Waals surface area contributed by atoms with E-state index in [-0.39, 0.29) is 55.1 Å². The Hall–Kier alpha value is -2.98. The molecular formula is C32H41F4N3O3. The zero-order valence-electron chi connectivity index (χ0n) is 24.5. The number of carbonyl (C=O) groups is 2. The molecule has 0 radical (unpaired) electrons. The van der Waals surface area contributed by atoms with E-state index in [4.69, 9.17) is 0 Å². The third kappa shape index (κ3) is 7.32. The predicted molar refractivity (Wildman–Crippen MR) is 153 cm³/mol. The number of aromatic hydroxyl groups is 1. The molecule has 2 aromatic rings. The molecule has 0 aliphatic carbocycles. The number of hydrogen-bond donors (Lipinski definition) is 2. The minimum Gasteiger partial charge on any atom is -0.508 e. The Morgan fingerprint density at radius 1 is 1.07 bits per heavy atom. The minimum absolute atomic E-state index is 0.0135. The molecule has 230 valence electrons. The average Bonchev–Trinajstić information content (AvgIpc) is 3.44. The molecule has 2 N–H and O–H groups in total. The van der Waals surface area contributed by atoms with Crippen LogP contribution in [0.15, 0.2) is 42.5 Å². The van der Waals surface area contributed by atoms with Crippen molar-refractivity contribution in [3.05, 3.63) is 65.0 Å². The van der Waals surface area contributed by atoms with Crippen LogP contribution in [0.4, 0.5) is 17.6 Å². The van der Waals surface area contributed by atoms with Gasteiger partial charge in [-0.25, -0.2) is 4.39 Å². The molecule has 2 saturated heterocycles. The quantitative estimate of drug-likeness (QED) is 0.211. The Morgan fingerprint density at radius 3 is 2.48 bits per heavy atom.